The fourth-order valence-electron chi connectivity index (χ4n) is 3.74. The van der Waals surface area contributed by atoms with Gasteiger partial charge in [0.25, 0.3) is 11.1 Å². The average molecular weight is 513 g/mol. The molecule has 1 unspecified atom stereocenters. The highest BCUT2D eigenvalue weighted by Gasteiger charge is 2.22. The fraction of sp³-hybridized carbons (Fsp3) is 0.200. The summed E-state index contributed by atoms with van der Waals surface area (Å²) in [5.74, 6) is 1.51. The molecule has 0 saturated carbocycles. The average Bonchev–Trinajstić information content (AvgIpc) is 3.31. The van der Waals surface area contributed by atoms with Gasteiger partial charge >= 0.3 is 0 Å². The first-order valence-electron chi connectivity index (χ1n) is 10.8. The summed E-state index contributed by atoms with van der Waals surface area (Å²) < 4.78 is 25.5. The van der Waals surface area contributed by atoms with Crippen LogP contribution in [0.25, 0.3) is 0 Å². The van der Waals surface area contributed by atoms with Gasteiger partial charge in [0.05, 0.1) is 18.4 Å². The highest BCUT2D eigenvalue weighted by atomic mass is 35.5. The Morgan fingerprint density at radius 1 is 1.23 bits per heavy atom. The van der Waals surface area contributed by atoms with Crippen LogP contribution < -0.4 is 14.8 Å². The number of hydrogen-bond donors (Lipinski definition) is 1. The second kappa shape index (κ2) is 10.8. The molecule has 1 aliphatic rings. The maximum atomic E-state index is 13.6. The van der Waals surface area contributed by atoms with Crippen molar-refractivity contribution in [2.24, 2.45) is 0 Å². The Labute approximate surface area is 211 Å². The van der Waals surface area contributed by atoms with Crippen LogP contribution in [-0.2, 0) is 13.0 Å². The summed E-state index contributed by atoms with van der Waals surface area (Å²) in [6.45, 7) is 2.10. The quantitative estimate of drug-likeness (QED) is 0.362. The van der Waals surface area contributed by atoms with E-state index in [2.05, 4.69) is 20.3 Å². The van der Waals surface area contributed by atoms with Gasteiger partial charge < -0.3 is 14.8 Å². The summed E-state index contributed by atoms with van der Waals surface area (Å²) in [6.07, 6.45) is 4.50. The van der Waals surface area contributed by atoms with E-state index >= 15 is 0 Å². The molecule has 1 aliphatic heterocycles. The zero-order valence-corrected chi connectivity index (χ0v) is 20.4. The van der Waals surface area contributed by atoms with E-state index in [4.69, 9.17) is 9.47 Å². The molecular formula is C25H22ClFN4O3S. The second-order valence-corrected chi connectivity index (χ2v) is 8.83. The lowest BCUT2D eigenvalue weighted by Gasteiger charge is -2.26. The molecule has 4 aromatic rings. The lowest BCUT2D eigenvalue weighted by molar-refractivity contribution is 0.0954. The number of aromatic nitrogens is 3. The standard InChI is InChI=1S/C25H21FN4O3S.ClH/c1-15-27-10-9-19(30-15)13-28-24(31)23-14-29-25(34-23)32-20-6-8-22-17(12-20)5-7-21(33-22)16-3-2-4-18(26)11-16;/h2-4,6,8-12,14,21H,5,7,13H2,1H3,(H,28,31);1H. The van der Waals surface area contributed by atoms with E-state index in [9.17, 15) is 9.18 Å². The van der Waals surface area contributed by atoms with E-state index in [0.717, 1.165) is 35.4 Å². The van der Waals surface area contributed by atoms with Crippen LogP contribution in [0, 0.1) is 12.7 Å². The van der Waals surface area contributed by atoms with Crippen molar-refractivity contribution >= 4 is 29.7 Å². The number of hydrogen-bond acceptors (Lipinski definition) is 7. The fourth-order valence-corrected chi connectivity index (χ4v) is 4.44. The molecule has 2 aromatic heterocycles. The number of aryl methyl sites for hydroxylation is 2. The number of nitrogens with one attached hydrogen (secondary N) is 1. The molecule has 0 bridgehead atoms. The normalized spacial score (nSPS) is 14.3. The van der Waals surface area contributed by atoms with Crippen molar-refractivity contribution in [1.29, 1.82) is 0 Å². The van der Waals surface area contributed by atoms with Crippen molar-refractivity contribution in [2.75, 3.05) is 0 Å². The lowest BCUT2D eigenvalue weighted by atomic mass is 9.97. The van der Waals surface area contributed by atoms with E-state index in [1.165, 1.54) is 29.7 Å². The van der Waals surface area contributed by atoms with Crippen LogP contribution in [0.5, 0.6) is 16.7 Å². The number of carbonyl (C=O) groups is 1. The summed E-state index contributed by atoms with van der Waals surface area (Å²) in [6, 6.07) is 13.8. The molecule has 35 heavy (non-hydrogen) atoms. The molecule has 0 aliphatic carbocycles. The van der Waals surface area contributed by atoms with Crippen molar-refractivity contribution in [3.63, 3.8) is 0 Å². The van der Waals surface area contributed by atoms with Gasteiger partial charge in [-0.1, -0.05) is 23.5 Å². The van der Waals surface area contributed by atoms with Gasteiger partial charge in [0, 0.05) is 6.20 Å². The van der Waals surface area contributed by atoms with Crippen LogP contribution in [0.2, 0.25) is 0 Å². The molecule has 0 saturated heterocycles. The van der Waals surface area contributed by atoms with Gasteiger partial charge in [-0.2, -0.15) is 0 Å². The number of thiazole rings is 1. The Bertz CT molecular complexity index is 1350. The van der Waals surface area contributed by atoms with Crippen molar-refractivity contribution in [1.82, 2.24) is 20.3 Å². The zero-order chi connectivity index (χ0) is 23.5. The minimum absolute atomic E-state index is 0. The lowest BCUT2D eigenvalue weighted by Crippen LogP contribution is -2.22. The molecular weight excluding hydrogens is 491 g/mol. The first kappa shape index (κ1) is 24.6. The maximum Gasteiger partial charge on any atom is 0.279 e. The van der Waals surface area contributed by atoms with Gasteiger partial charge in [0.1, 0.15) is 34.1 Å². The summed E-state index contributed by atoms with van der Waals surface area (Å²) in [4.78, 5) is 25.4. The highest BCUT2D eigenvalue weighted by Crippen LogP contribution is 2.38. The summed E-state index contributed by atoms with van der Waals surface area (Å²) in [5.41, 5.74) is 2.58. The number of benzene rings is 2. The Morgan fingerprint density at radius 2 is 2.11 bits per heavy atom. The van der Waals surface area contributed by atoms with Crippen LogP contribution in [0.1, 0.15) is 44.8 Å². The minimum atomic E-state index is -0.267. The molecule has 1 amide bonds. The number of ether oxygens (including phenoxy) is 2. The Balaban J connectivity index is 0.00000289. The number of rotatable bonds is 6. The molecule has 0 spiro atoms. The molecule has 0 radical (unpaired) electrons. The second-order valence-electron chi connectivity index (χ2n) is 7.84. The summed E-state index contributed by atoms with van der Waals surface area (Å²) in [7, 11) is 0. The van der Waals surface area contributed by atoms with E-state index in [-0.39, 0.29) is 30.2 Å². The highest BCUT2D eigenvalue weighted by molar-refractivity contribution is 7.15. The Kier molecular flexibility index (Phi) is 7.57. The van der Waals surface area contributed by atoms with Crippen LogP contribution in [-0.4, -0.2) is 20.9 Å². The SMILES string of the molecule is Cc1nccc(CNC(=O)c2cnc(Oc3ccc4c(c3)CCC(c3cccc(F)c3)O4)s2)n1.Cl. The van der Waals surface area contributed by atoms with Crippen molar-refractivity contribution < 1.29 is 18.7 Å². The third kappa shape index (κ3) is 5.93. The number of fused-ring (bicyclic) bond motifs is 1. The van der Waals surface area contributed by atoms with E-state index in [1.807, 2.05) is 18.2 Å². The predicted molar refractivity (Wildman–Crippen MR) is 132 cm³/mol. The number of nitrogens with zero attached hydrogens (tertiary/aromatic N) is 3. The minimum Gasteiger partial charge on any atom is -0.485 e. The Hall–Kier alpha value is -3.56. The molecule has 180 valence electrons. The first-order valence-corrected chi connectivity index (χ1v) is 11.6. The van der Waals surface area contributed by atoms with Crippen molar-refractivity contribution in [3.8, 4) is 16.7 Å². The zero-order valence-electron chi connectivity index (χ0n) is 18.7. The van der Waals surface area contributed by atoms with Crippen LogP contribution in [0.15, 0.2) is 60.9 Å². The molecule has 0 fully saturated rings. The van der Waals surface area contributed by atoms with Gasteiger partial charge in [0.15, 0.2) is 0 Å². The van der Waals surface area contributed by atoms with Crippen LogP contribution >= 0.6 is 23.7 Å². The van der Waals surface area contributed by atoms with Gasteiger partial charge in [-0.15, -0.1) is 12.4 Å². The van der Waals surface area contributed by atoms with Gasteiger partial charge in [-0.3, -0.25) is 4.79 Å². The van der Waals surface area contributed by atoms with E-state index in [0.29, 0.717) is 28.2 Å². The monoisotopic (exact) mass is 512 g/mol. The third-order valence-electron chi connectivity index (χ3n) is 5.37. The van der Waals surface area contributed by atoms with Crippen molar-refractivity contribution in [2.45, 2.75) is 32.4 Å². The van der Waals surface area contributed by atoms with Crippen LogP contribution in [0.4, 0.5) is 4.39 Å². The third-order valence-corrected chi connectivity index (χ3v) is 6.25. The predicted octanol–water partition coefficient (Wildman–Crippen LogP) is 5.59. The summed E-state index contributed by atoms with van der Waals surface area (Å²) >= 11 is 1.17. The molecule has 7 nitrogen and oxygen atoms in total. The maximum absolute atomic E-state index is 13.6. The topological polar surface area (TPSA) is 86.2 Å². The van der Waals surface area contributed by atoms with Gasteiger partial charge in [0.2, 0.25) is 0 Å². The molecule has 1 atom stereocenters. The van der Waals surface area contributed by atoms with Crippen LogP contribution in [0.3, 0.4) is 0 Å². The molecule has 1 N–H and O–H groups in total. The molecule has 5 rings (SSSR count). The van der Waals surface area contributed by atoms with E-state index in [1.54, 1.807) is 31.3 Å². The van der Waals surface area contributed by atoms with Crippen molar-refractivity contribution in [3.05, 3.63) is 94.3 Å². The van der Waals surface area contributed by atoms with Gasteiger partial charge in [-0.05, 0) is 67.3 Å². The number of amides is 1. The molecule has 2 aromatic carbocycles. The number of halogens is 2. The largest absolute Gasteiger partial charge is 0.485 e. The van der Waals surface area contributed by atoms with Gasteiger partial charge in [-0.25, -0.2) is 19.3 Å². The smallest absolute Gasteiger partial charge is 0.279 e. The summed E-state index contributed by atoms with van der Waals surface area (Å²) in [5, 5.41) is 3.20. The molecule has 3 heterocycles. The molecule has 10 heteroatoms. The van der Waals surface area contributed by atoms with E-state index < -0.39 is 0 Å². The first-order chi connectivity index (χ1) is 16.5. The number of carbonyl (C=O) groups excluding carboxylic acids is 1. The Morgan fingerprint density at radius 3 is 2.94 bits per heavy atom.